The van der Waals surface area contributed by atoms with Gasteiger partial charge in [-0.25, -0.2) is 0 Å². The number of hydrogen-bond acceptors (Lipinski definition) is 2. The Hall–Kier alpha value is -0.0800. The third-order valence-electron chi connectivity index (χ3n) is 3.09. The van der Waals surface area contributed by atoms with Crippen molar-refractivity contribution < 1.29 is 9.84 Å². The van der Waals surface area contributed by atoms with Crippen molar-refractivity contribution in [1.29, 1.82) is 0 Å². The fourth-order valence-electron chi connectivity index (χ4n) is 2.34. The fourth-order valence-corrected chi connectivity index (χ4v) is 2.34. The predicted octanol–water partition coefficient (Wildman–Crippen LogP) is 1.86. The highest BCUT2D eigenvalue weighted by molar-refractivity contribution is 4.79. The first-order valence-electron chi connectivity index (χ1n) is 5.20. The van der Waals surface area contributed by atoms with Crippen molar-refractivity contribution in [2.45, 2.75) is 63.3 Å². The maximum atomic E-state index is 9.70. The lowest BCUT2D eigenvalue weighted by molar-refractivity contribution is -0.0608. The van der Waals surface area contributed by atoms with Gasteiger partial charge >= 0.3 is 0 Å². The second kappa shape index (κ2) is 3.75. The van der Waals surface area contributed by atoms with Crippen molar-refractivity contribution in [2.75, 3.05) is 0 Å². The zero-order valence-corrected chi connectivity index (χ0v) is 7.54. The molecule has 0 aromatic rings. The lowest BCUT2D eigenvalue weighted by atomic mass is 9.99. The molecule has 3 atom stereocenters. The summed E-state index contributed by atoms with van der Waals surface area (Å²) >= 11 is 0. The Balaban J connectivity index is 2.02. The van der Waals surface area contributed by atoms with Crippen molar-refractivity contribution in [3.05, 3.63) is 0 Å². The number of fused-ring (bicyclic) bond motifs is 2. The van der Waals surface area contributed by atoms with Gasteiger partial charge in [-0.3, -0.25) is 0 Å². The minimum atomic E-state index is -0.187. The molecular weight excluding hydrogens is 152 g/mol. The lowest BCUT2D eigenvalue weighted by Crippen LogP contribution is -2.28. The quantitative estimate of drug-likeness (QED) is 0.601. The monoisotopic (exact) mass is 170 g/mol. The van der Waals surface area contributed by atoms with E-state index >= 15 is 0 Å². The lowest BCUT2D eigenvalue weighted by Gasteiger charge is -2.20. The fraction of sp³-hybridized carbons (Fsp3) is 1.00. The van der Waals surface area contributed by atoms with Crippen LogP contribution in [0.5, 0.6) is 0 Å². The van der Waals surface area contributed by atoms with E-state index in [-0.39, 0.29) is 12.2 Å². The van der Waals surface area contributed by atoms with E-state index in [2.05, 4.69) is 0 Å². The van der Waals surface area contributed by atoms with Gasteiger partial charge in [0.2, 0.25) is 0 Å². The molecule has 2 heteroatoms. The highest BCUT2D eigenvalue weighted by Gasteiger charge is 2.28. The normalized spacial score (nSPS) is 43.2. The van der Waals surface area contributed by atoms with Gasteiger partial charge < -0.3 is 9.84 Å². The summed E-state index contributed by atoms with van der Waals surface area (Å²) in [7, 11) is 0. The first-order chi connectivity index (χ1) is 5.86. The minimum Gasteiger partial charge on any atom is -0.390 e. The van der Waals surface area contributed by atoms with Crippen LogP contribution in [0, 0.1) is 0 Å². The highest BCUT2D eigenvalue weighted by atomic mass is 16.5. The molecule has 2 saturated heterocycles. The second-order valence-corrected chi connectivity index (χ2v) is 4.08. The molecule has 0 aliphatic carbocycles. The Morgan fingerprint density at radius 3 is 2.58 bits per heavy atom. The molecule has 0 radical (unpaired) electrons. The first kappa shape index (κ1) is 8.52. The van der Waals surface area contributed by atoms with Gasteiger partial charge in [-0.2, -0.15) is 0 Å². The van der Waals surface area contributed by atoms with Crippen molar-refractivity contribution in [3.63, 3.8) is 0 Å². The topological polar surface area (TPSA) is 29.5 Å². The van der Waals surface area contributed by atoms with Crippen LogP contribution in [0.15, 0.2) is 0 Å². The maximum absolute atomic E-state index is 9.70. The number of aliphatic hydroxyl groups excluding tert-OH is 1. The van der Waals surface area contributed by atoms with E-state index in [0.717, 1.165) is 25.7 Å². The molecule has 0 aromatic heterocycles. The number of rotatable bonds is 0. The van der Waals surface area contributed by atoms with Crippen LogP contribution in [0.2, 0.25) is 0 Å². The molecule has 2 aliphatic heterocycles. The van der Waals surface area contributed by atoms with Crippen LogP contribution in [0.4, 0.5) is 0 Å². The molecule has 1 N–H and O–H groups in total. The van der Waals surface area contributed by atoms with Crippen LogP contribution in [-0.4, -0.2) is 23.4 Å². The Bertz CT molecular complexity index is 147. The average Bonchev–Trinajstić information content (AvgIpc) is 2.38. The summed E-state index contributed by atoms with van der Waals surface area (Å²) in [5, 5.41) is 9.70. The molecular formula is C10H18O2. The summed E-state index contributed by atoms with van der Waals surface area (Å²) in [6.07, 6.45) is 8.46. The maximum Gasteiger partial charge on any atom is 0.0837 e. The van der Waals surface area contributed by atoms with Gasteiger partial charge in [0.15, 0.2) is 0 Å². The van der Waals surface area contributed by atoms with Crippen LogP contribution in [-0.2, 0) is 4.74 Å². The van der Waals surface area contributed by atoms with Crippen LogP contribution < -0.4 is 0 Å². The Morgan fingerprint density at radius 1 is 0.917 bits per heavy atom. The summed E-state index contributed by atoms with van der Waals surface area (Å²) in [6, 6.07) is 0. The van der Waals surface area contributed by atoms with E-state index in [0.29, 0.717) is 6.10 Å². The molecule has 2 bridgehead atoms. The molecule has 2 heterocycles. The van der Waals surface area contributed by atoms with Gasteiger partial charge in [0.1, 0.15) is 0 Å². The molecule has 70 valence electrons. The zero-order valence-electron chi connectivity index (χ0n) is 7.54. The predicted molar refractivity (Wildman–Crippen MR) is 47.0 cm³/mol. The van der Waals surface area contributed by atoms with E-state index in [9.17, 15) is 5.11 Å². The van der Waals surface area contributed by atoms with Crippen molar-refractivity contribution in [3.8, 4) is 0 Å². The smallest absolute Gasteiger partial charge is 0.0837 e. The summed E-state index contributed by atoms with van der Waals surface area (Å²) in [5.41, 5.74) is 0. The molecule has 12 heavy (non-hydrogen) atoms. The minimum absolute atomic E-state index is 0.153. The number of ether oxygens (including phenoxy) is 1. The van der Waals surface area contributed by atoms with Crippen LogP contribution in [0.1, 0.15) is 44.9 Å². The van der Waals surface area contributed by atoms with E-state index in [1.54, 1.807) is 0 Å². The standard InChI is InChI=1S/C10H18O2/c11-9-6-3-5-8-4-1-2-7-10(9)12-8/h8-11H,1-7H2/t8-,9+,10+/m1/s1. The summed E-state index contributed by atoms with van der Waals surface area (Å²) < 4.78 is 5.83. The first-order valence-corrected chi connectivity index (χ1v) is 5.20. The third kappa shape index (κ3) is 1.80. The molecule has 2 aliphatic rings. The van der Waals surface area contributed by atoms with Gasteiger partial charge in [-0.05, 0) is 32.1 Å². The van der Waals surface area contributed by atoms with E-state index in [4.69, 9.17) is 4.74 Å². The Labute approximate surface area is 73.9 Å². The van der Waals surface area contributed by atoms with Gasteiger partial charge in [-0.1, -0.05) is 12.8 Å². The van der Waals surface area contributed by atoms with Crippen LogP contribution in [0.25, 0.3) is 0 Å². The van der Waals surface area contributed by atoms with Gasteiger partial charge in [0.05, 0.1) is 18.3 Å². The highest BCUT2D eigenvalue weighted by Crippen LogP contribution is 2.28. The third-order valence-corrected chi connectivity index (χ3v) is 3.09. The van der Waals surface area contributed by atoms with E-state index in [1.165, 1.54) is 19.3 Å². The van der Waals surface area contributed by atoms with Crippen molar-refractivity contribution >= 4 is 0 Å². The molecule has 0 unspecified atom stereocenters. The van der Waals surface area contributed by atoms with Crippen LogP contribution in [0.3, 0.4) is 0 Å². The second-order valence-electron chi connectivity index (χ2n) is 4.08. The molecule has 0 saturated carbocycles. The Kier molecular flexibility index (Phi) is 2.66. The van der Waals surface area contributed by atoms with Gasteiger partial charge in [0.25, 0.3) is 0 Å². The van der Waals surface area contributed by atoms with Crippen molar-refractivity contribution in [1.82, 2.24) is 0 Å². The SMILES string of the molecule is O[C@H]1CCC[C@H]2CCCC[C@@H]1O2. The average molecular weight is 170 g/mol. The number of aliphatic hydroxyl groups is 1. The Morgan fingerprint density at radius 2 is 1.67 bits per heavy atom. The summed E-state index contributed by atoms with van der Waals surface area (Å²) in [4.78, 5) is 0. The molecule has 0 spiro atoms. The van der Waals surface area contributed by atoms with E-state index in [1.807, 2.05) is 0 Å². The van der Waals surface area contributed by atoms with Gasteiger partial charge in [-0.15, -0.1) is 0 Å². The molecule has 2 nitrogen and oxygen atoms in total. The largest absolute Gasteiger partial charge is 0.390 e. The molecule has 0 aromatic carbocycles. The van der Waals surface area contributed by atoms with Crippen LogP contribution >= 0.6 is 0 Å². The van der Waals surface area contributed by atoms with Crippen molar-refractivity contribution in [2.24, 2.45) is 0 Å². The number of hydrogen-bond donors (Lipinski definition) is 1. The molecule has 2 fully saturated rings. The van der Waals surface area contributed by atoms with Gasteiger partial charge in [0, 0.05) is 0 Å². The molecule has 0 amide bonds. The zero-order chi connectivity index (χ0) is 8.39. The van der Waals surface area contributed by atoms with E-state index < -0.39 is 0 Å². The molecule has 2 rings (SSSR count). The summed E-state index contributed by atoms with van der Waals surface area (Å²) in [5.74, 6) is 0. The summed E-state index contributed by atoms with van der Waals surface area (Å²) in [6.45, 7) is 0.